The van der Waals surface area contributed by atoms with Crippen molar-refractivity contribution in [3.05, 3.63) is 66.4 Å². The molecule has 0 radical (unpaired) electrons. The van der Waals surface area contributed by atoms with E-state index in [1.807, 2.05) is 30.3 Å². The summed E-state index contributed by atoms with van der Waals surface area (Å²) in [4.78, 5) is 32.0. The van der Waals surface area contributed by atoms with Gasteiger partial charge in [0.15, 0.2) is 5.82 Å². The van der Waals surface area contributed by atoms with Crippen LogP contribution in [0.4, 0.5) is 33.6 Å². The molecule has 160 valence electrons. The van der Waals surface area contributed by atoms with Gasteiger partial charge >= 0.3 is 12.1 Å². The number of carboxylic acids is 1. The van der Waals surface area contributed by atoms with Crippen LogP contribution in [0, 0.1) is 0 Å². The van der Waals surface area contributed by atoms with Crippen LogP contribution in [0.15, 0.2) is 60.8 Å². The second kappa shape index (κ2) is 9.12. The van der Waals surface area contributed by atoms with Crippen LogP contribution >= 0.6 is 0 Å². The highest BCUT2D eigenvalue weighted by atomic mass is 16.6. The lowest BCUT2D eigenvalue weighted by Gasteiger charge is -2.19. The molecule has 9 nitrogen and oxygen atoms in total. The van der Waals surface area contributed by atoms with Gasteiger partial charge in [-0.05, 0) is 51.1 Å². The molecule has 0 saturated carbocycles. The van der Waals surface area contributed by atoms with Crippen LogP contribution in [-0.4, -0.2) is 32.7 Å². The number of carbonyl (C=O) groups is 2. The predicted molar refractivity (Wildman–Crippen MR) is 118 cm³/mol. The lowest BCUT2D eigenvalue weighted by molar-refractivity contribution is 0.0634. The van der Waals surface area contributed by atoms with E-state index in [0.717, 1.165) is 5.69 Å². The minimum Gasteiger partial charge on any atom is -0.477 e. The van der Waals surface area contributed by atoms with E-state index in [1.165, 1.54) is 6.20 Å². The largest absolute Gasteiger partial charge is 0.477 e. The summed E-state index contributed by atoms with van der Waals surface area (Å²) >= 11 is 0. The van der Waals surface area contributed by atoms with E-state index in [9.17, 15) is 14.7 Å². The molecule has 4 N–H and O–H groups in total. The van der Waals surface area contributed by atoms with E-state index in [2.05, 4.69) is 25.9 Å². The van der Waals surface area contributed by atoms with Crippen molar-refractivity contribution in [2.24, 2.45) is 0 Å². The van der Waals surface area contributed by atoms with Crippen molar-refractivity contribution in [2.75, 3.05) is 16.0 Å². The summed E-state index contributed by atoms with van der Waals surface area (Å²) in [6, 6.07) is 16.0. The van der Waals surface area contributed by atoms with E-state index >= 15 is 0 Å². The maximum atomic E-state index is 12.0. The molecule has 0 aliphatic rings. The van der Waals surface area contributed by atoms with Crippen molar-refractivity contribution in [1.29, 1.82) is 0 Å². The van der Waals surface area contributed by atoms with Crippen molar-refractivity contribution < 1.29 is 19.4 Å². The molecule has 1 heterocycles. The molecule has 0 spiro atoms. The fraction of sp³-hybridized carbons (Fsp3) is 0.182. The average Bonchev–Trinajstić information content (AvgIpc) is 2.67. The second-order valence-corrected chi connectivity index (χ2v) is 7.58. The first kappa shape index (κ1) is 21.6. The number of carboxylic acid groups (broad SMARTS) is 1. The molecular formula is C22H23N5O4. The van der Waals surface area contributed by atoms with Gasteiger partial charge in [-0.1, -0.05) is 24.3 Å². The number of para-hydroxylation sites is 1. The van der Waals surface area contributed by atoms with E-state index in [1.54, 1.807) is 45.0 Å². The summed E-state index contributed by atoms with van der Waals surface area (Å²) in [7, 11) is 0. The summed E-state index contributed by atoms with van der Waals surface area (Å²) in [5.41, 5.74) is 1.05. The number of aromatic nitrogens is 2. The Bertz CT molecular complexity index is 1080. The molecule has 0 aliphatic carbocycles. The molecule has 0 aliphatic heterocycles. The Balaban J connectivity index is 1.81. The van der Waals surface area contributed by atoms with E-state index in [-0.39, 0.29) is 17.3 Å². The number of nitrogens with one attached hydrogen (secondary N) is 3. The molecule has 1 aromatic heterocycles. The van der Waals surface area contributed by atoms with E-state index in [0.29, 0.717) is 11.4 Å². The zero-order chi connectivity index (χ0) is 22.4. The molecule has 2 aromatic carbocycles. The Hall–Kier alpha value is -4.14. The Morgan fingerprint density at radius 2 is 1.61 bits per heavy atom. The van der Waals surface area contributed by atoms with Crippen molar-refractivity contribution in [3.8, 4) is 0 Å². The van der Waals surface area contributed by atoms with Crippen LogP contribution in [0.25, 0.3) is 0 Å². The zero-order valence-corrected chi connectivity index (χ0v) is 17.3. The van der Waals surface area contributed by atoms with Crippen LogP contribution in [0.2, 0.25) is 0 Å². The van der Waals surface area contributed by atoms with Crippen molar-refractivity contribution in [3.63, 3.8) is 0 Å². The van der Waals surface area contributed by atoms with Crippen LogP contribution < -0.4 is 16.0 Å². The Labute approximate surface area is 179 Å². The van der Waals surface area contributed by atoms with Gasteiger partial charge in [-0.2, -0.15) is 4.98 Å². The zero-order valence-electron chi connectivity index (χ0n) is 17.3. The standard InChI is InChI=1S/C22H23N5O4/c1-22(2,3)31-21(30)26-16-11-7-10-15(12-16)24-18-17(19(28)29)13-23-20(27-18)25-14-8-5-4-6-9-14/h4-13H,1-3H3,(H,26,30)(H,28,29)(H2,23,24,25,27). The molecule has 0 unspecified atom stereocenters. The van der Waals surface area contributed by atoms with Crippen molar-refractivity contribution >= 4 is 40.9 Å². The van der Waals surface area contributed by atoms with Gasteiger partial charge < -0.3 is 20.5 Å². The maximum absolute atomic E-state index is 12.0. The predicted octanol–water partition coefficient (Wildman–Crippen LogP) is 5.01. The molecule has 0 fully saturated rings. The normalized spacial score (nSPS) is 10.8. The summed E-state index contributed by atoms with van der Waals surface area (Å²) < 4.78 is 5.25. The molecule has 0 bridgehead atoms. The third-order valence-electron chi connectivity index (χ3n) is 3.82. The number of benzene rings is 2. The highest BCUT2D eigenvalue weighted by Gasteiger charge is 2.17. The molecule has 31 heavy (non-hydrogen) atoms. The highest BCUT2D eigenvalue weighted by molar-refractivity contribution is 5.94. The van der Waals surface area contributed by atoms with Gasteiger partial charge in [-0.3, -0.25) is 5.32 Å². The van der Waals surface area contributed by atoms with Gasteiger partial charge in [0.1, 0.15) is 11.2 Å². The van der Waals surface area contributed by atoms with Gasteiger partial charge in [0.25, 0.3) is 0 Å². The first-order valence-electron chi connectivity index (χ1n) is 9.49. The summed E-state index contributed by atoms with van der Waals surface area (Å²) in [6.07, 6.45) is 0.637. The average molecular weight is 421 g/mol. The first-order valence-corrected chi connectivity index (χ1v) is 9.49. The number of aromatic carboxylic acids is 1. The summed E-state index contributed by atoms with van der Waals surface area (Å²) in [5.74, 6) is -0.825. The van der Waals surface area contributed by atoms with Gasteiger partial charge in [0.2, 0.25) is 5.95 Å². The smallest absolute Gasteiger partial charge is 0.412 e. The lowest BCUT2D eigenvalue weighted by atomic mass is 10.2. The van der Waals surface area contributed by atoms with Gasteiger partial charge in [-0.25, -0.2) is 14.6 Å². The van der Waals surface area contributed by atoms with E-state index in [4.69, 9.17) is 4.74 Å². The summed E-state index contributed by atoms with van der Waals surface area (Å²) in [6.45, 7) is 5.32. The number of amides is 1. The minimum absolute atomic E-state index is 0.0934. The van der Waals surface area contributed by atoms with Gasteiger partial charge in [0, 0.05) is 23.3 Å². The maximum Gasteiger partial charge on any atom is 0.412 e. The minimum atomic E-state index is -1.17. The van der Waals surface area contributed by atoms with Gasteiger partial charge in [0.05, 0.1) is 0 Å². The fourth-order valence-corrected chi connectivity index (χ4v) is 2.58. The topological polar surface area (TPSA) is 125 Å². The number of hydrogen-bond acceptors (Lipinski definition) is 7. The Kier molecular flexibility index (Phi) is 6.35. The van der Waals surface area contributed by atoms with E-state index < -0.39 is 17.7 Å². The highest BCUT2D eigenvalue weighted by Crippen LogP contribution is 2.24. The number of hydrogen-bond donors (Lipinski definition) is 4. The molecule has 0 atom stereocenters. The number of nitrogens with zero attached hydrogens (tertiary/aromatic N) is 2. The molecule has 1 amide bonds. The molecule has 3 rings (SSSR count). The third kappa shape index (κ3) is 6.43. The monoisotopic (exact) mass is 421 g/mol. The third-order valence-corrected chi connectivity index (χ3v) is 3.82. The van der Waals surface area contributed by atoms with Crippen molar-refractivity contribution in [1.82, 2.24) is 9.97 Å². The quantitative estimate of drug-likeness (QED) is 0.438. The Morgan fingerprint density at radius 1 is 0.935 bits per heavy atom. The number of anilines is 5. The number of carbonyl (C=O) groups excluding carboxylic acids is 1. The SMILES string of the molecule is CC(C)(C)OC(=O)Nc1cccc(Nc2nc(Nc3ccccc3)ncc2C(=O)O)c1. The van der Waals surface area contributed by atoms with Crippen LogP contribution in [0.5, 0.6) is 0 Å². The van der Waals surface area contributed by atoms with Crippen LogP contribution in [-0.2, 0) is 4.74 Å². The molecule has 0 saturated heterocycles. The molecule has 3 aromatic rings. The number of rotatable bonds is 6. The number of ether oxygens (including phenoxy) is 1. The van der Waals surface area contributed by atoms with Crippen molar-refractivity contribution in [2.45, 2.75) is 26.4 Å². The van der Waals surface area contributed by atoms with Crippen LogP contribution in [0.3, 0.4) is 0 Å². The fourth-order valence-electron chi connectivity index (χ4n) is 2.58. The van der Waals surface area contributed by atoms with Gasteiger partial charge in [-0.15, -0.1) is 0 Å². The second-order valence-electron chi connectivity index (χ2n) is 7.58. The lowest BCUT2D eigenvalue weighted by Crippen LogP contribution is -2.27. The summed E-state index contributed by atoms with van der Waals surface area (Å²) in [5, 5.41) is 18.1. The van der Waals surface area contributed by atoms with Crippen LogP contribution in [0.1, 0.15) is 31.1 Å². The first-order chi connectivity index (χ1) is 14.7. The Morgan fingerprint density at radius 3 is 2.29 bits per heavy atom. The molecular weight excluding hydrogens is 398 g/mol. The molecule has 9 heteroatoms.